The highest BCUT2D eigenvalue weighted by Crippen LogP contribution is 2.38. The van der Waals surface area contributed by atoms with Gasteiger partial charge in [-0.25, -0.2) is 4.39 Å². The minimum Gasteiger partial charge on any atom is -0.508 e. The molecule has 1 aromatic carbocycles. The van der Waals surface area contributed by atoms with E-state index in [2.05, 4.69) is 0 Å². The number of hydrogen-bond acceptors (Lipinski definition) is 2. The Balaban J connectivity index is 1.90. The van der Waals surface area contributed by atoms with Crippen LogP contribution in [0.25, 0.3) is 0 Å². The van der Waals surface area contributed by atoms with Crippen LogP contribution in [0.1, 0.15) is 50.0 Å². The van der Waals surface area contributed by atoms with E-state index in [0.29, 0.717) is 11.5 Å². The van der Waals surface area contributed by atoms with Gasteiger partial charge in [0.25, 0.3) is 0 Å². The summed E-state index contributed by atoms with van der Waals surface area (Å²) in [6.45, 7) is 0. The van der Waals surface area contributed by atoms with E-state index in [0.717, 1.165) is 38.2 Å². The molecular weight excluding hydrogens is 247 g/mol. The normalized spacial score (nSPS) is 23.2. The van der Waals surface area contributed by atoms with Crippen molar-refractivity contribution in [3.63, 3.8) is 0 Å². The summed E-state index contributed by atoms with van der Waals surface area (Å²) in [4.78, 5) is 10.5. The van der Waals surface area contributed by atoms with Crippen LogP contribution in [0.5, 0.6) is 5.75 Å². The summed E-state index contributed by atoms with van der Waals surface area (Å²) in [5.41, 5.74) is 0.675. The number of aliphatic carboxylic acids is 1. The van der Waals surface area contributed by atoms with Crippen LogP contribution in [-0.2, 0) is 4.79 Å². The lowest BCUT2D eigenvalue weighted by molar-refractivity contribution is -0.137. The van der Waals surface area contributed by atoms with E-state index in [-0.39, 0.29) is 23.9 Å². The van der Waals surface area contributed by atoms with E-state index in [1.54, 1.807) is 6.07 Å². The Morgan fingerprint density at radius 2 is 1.95 bits per heavy atom. The number of carboxylic acid groups (broad SMARTS) is 1. The maximum Gasteiger partial charge on any atom is 0.303 e. The predicted octanol–water partition coefficient (Wildman–Crippen LogP) is 3.67. The Kier molecular flexibility index (Phi) is 4.40. The molecule has 0 aliphatic heterocycles. The van der Waals surface area contributed by atoms with Crippen molar-refractivity contribution < 1.29 is 19.4 Å². The number of benzene rings is 1. The van der Waals surface area contributed by atoms with E-state index in [4.69, 9.17) is 5.11 Å². The Morgan fingerprint density at radius 3 is 2.53 bits per heavy atom. The van der Waals surface area contributed by atoms with Crippen molar-refractivity contribution in [3.8, 4) is 5.75 Å². The number of aromatic hydroxyl groups is 1. The Bertz CT molecular complexity index is 451. The third kappa shape index (κ3) is 3.69. The van der Waals surface area contributed by atoms with Crippen molar-refractivity contribution in [3.05, 3.63) is 29.6 Å². The quantitative estimate of drug-likeness (QED) is 0.874. The van der Waals surface area contributed by atoms with Gasteiger partial charge in [0.05, 0.1) is 0 Å². The first kappa shape index (κ1) is 13.8. The minimum atomic E-state index is -0.744. The molecule has 0 spiro atoms. The van der Waals surface area contributed by atoms with Crippen LogP contribution in [0.4, 0.5) is 4.39 Å². The molecular formula is C15H19FO3. The van der Waals surface area contributed by atoms with Gasteiger partial charge >= 0.3 is 5.97 Å². The van der Waals surface area contributed by atoms with E-state index in [1.165, 1.54) is 6.07 Å². The highest BCUT2D eigenvalue weighted by Gasteiger charge is 2.24. The fourth-order valence-electron chi connectivity index (χ4n) is 2.94. The van der Waals surface area contributed by atoms with E-state index < -0.39 is 5.97 Å². The molecule has 3 nitrogen and oxygen atoms in total. The molecule has 1 fully saturated rings. The average Bonchev–Trinajstić information content (AvgIpc) is 2.37. The lowest BCUT2D eigenvalue weighted by Crippen LogP contribution is -2.15. The second-order valence-electron chi connectivity index (χ2n) is 5.36. The first-order valence-corrected chi connectivity index (χ1v) is 6.76. The molecule has 0 atom stereocenters. The molecule has 2 N–H and O–H groups in total. The topological polar surface area (TPSA) is 57.5 Å². The molecule has 1 saturated carbocycles. The van der Waals surface area contributed by atoms with Crippen LogP contribution >= 0.6 is 0 Å². The van der Waals surface area contributed by atoms with Gasteiger partial charge in [-0.15, -0.1) is 0 Å². The first-order chi connectivity index (χ1) is 9.06. The molecule has 19 heavy (non-hydrogen) atoms. The fourth-order valence-corrected chi connectivity index (χ4v) is 2.94. The van der Waals surface area contributed by atoms with Crippen molar-refractivity contribution in [2.24, 2.45) is 5.92 Å². The second kappa shape index (κ2) is 6.04. The molecule has 1 aliphatic rings. The van der Waals surface area contributed by atoms with E-state index in [9.17, 15) is 14.3 Å². The highest BCUT2D eigenvalue weighted by molar-refractivity contribution is 5.66. The summed E-state index contributed by atoms with van der Waals surface area (Å²) in [6.07, 6.45) is 4.65. The lowest BCUT2D eigenvalue weighted by atomic mass is 9.77. The smallest absolute Gasteiger partial charge is 0.303 e. The molecule has 0 bridgehead atoms. The summed E-state index contributed by atoms with van der Waals surface area (Å²) in [6, 6.07) is 4.34. The van der Waals surface area contributed by atoms with Crippen LogP contribution in [0.3, 0.4) is 0 Å². The van der Waals surface area contributed by atoms with Crippen LogP contribution < -0.4 is 0 Å². The molecule has 2 rings (SSSR count). The molecule has 1 aliphatic carbocycles. The molecule has 4 heteroatoms. The Morgan fingerprint density at radius 1 is 1.26 bits per heavy atom. The summed E-state index contributed by atoms with van der Waals surface area (Å²) in [5, 5.41) is 17.9. The third-order valence-corrected chi connectivity index (χ3v) is 4.04. The molecule has 0 aromatic heterocycles. The Hall–Kier alpha value is -1.58. The van der Waals surface area contributed by atoms with Gasteiger partial charge in [0.15, 0.2) is 0 Å². The molecule has 104 valence electrons. The van der Waals surface area contributed by atoms with Crippen LogP contribution in [0.15, 0.2) is 18.2 Å². The number of rotatable bonds is 4. The van der Waals surface area contributed by atoms with Gasteiger partial charge in [-0.05, 0) is 55.6 Å². The zero-order valence-electron chi connectivity index (χ0n) is 10.8. The molecule has 0 radical (unpaired) electrons. The van der Waals surface area contributed by atoms with Gasteiger partial charge < -0.3 is 10.2 Å². The summed E-state index contributed by atoms with van der Waals surface area (Å²) in [7, 11) is 0. The van der Waals surface area contributed by atoms with Crippen LogP contribution in [0.2, 0.25) is 0 Å². The second-order valence-corrected chi connectivity index (χ2v) is 5.36. The molecule has 0 saturated heterocycles. The SMILES string of the molecule is O=C(O)CCC1CCC(c2ccc(O)cc2F)CC1. The number of phenolic OH excluding ortho intramolecular Hbond substituents is 1. The monoisotopic (exact) mass is 266 g/mol. The number of carbonyl (C=O) groups is 1. The fraction of sp³-hybridized carbons (Fsp3) is 0.533. The number of hydrogen-bond donors (Lipinski definition) is 2. The van der Waals surface area contributed by atoms with Crippen molar-refractivity contribution in [2.45, 2.75) is 44.4 Å². The Labute approximate surface area is 112 Å². The largest absolute Gasteiger partial charge is 0.508 e. The van der Waals surface area contributed by atoms with Crippen molar-refractivity contribution in [2.75, 3.05) is 0 Å². The van der Waals surface area contributed by atoms with E-state index in [1.807, 2.05) is 0 Å². The van der Waals surface area contributed by atoms with Crippen molar-refractivity contribution in [1.29, 1.82) is 0 Å². The van der Waals surface area contributed by atoms with Gasteiger partial charge in [0, 0.05) is 12.5 Å². The van der Waals surface area contributed by atoms with Gasteiger partial charge in [-0.1, -0.05) is 6.07 Å². The standard InChI is InChI=1S/C15H19FO3/c16-14-9-12(17)6-7-13(14)11-4-1-10(2-5-11)3-8-15(18)19/h6-7,9-11,17H,1-5,8H2,(H,18,19). The summed E-state index contributed by atoms with van der Waals surface area (Å²) in [5.74, 6) is -0.480. The first-order valence-electron chi connectivity index (χ1n) is 6.76. The number of halogens is 1. The highest BCUT2D eigenvalue weighted by atomic mass is 19.1. The summed E-state index contributed by atoms with van der Waals surface area (Å²) < 4.78 is 13.7. The molecule has 1 aromatic rings. The van der Waals surface area contributed by atoms with Gasteiger partial charge in [-0.3, -0.25) is 4.79 Å². The van der Waals surface area contributed by atoms with Crippen LogP contribution in [-0.4, -0.2) is 16.2 Å². The molecule has 0 heterocycles. The number of carboxylic acids is 1. The van der Waals surface area contributed by atoms with Gasteiger partial charge in [0.1, 0.15) is 11.6 Å². The maximum absolute atomic E-state index is 13.7. The van der Waals surface area contributed by atoms with Crippen molar-refractivity contribution >= 4 is 5.97 Å². The van der Waals surface area contributed by atoms with Crippen molar-refractivity contribution in [1.82, 2.24) is 0 Å². The van der Waals surface area contributed by atoms with Gasteiger partial charge in [0.2, 0.25) is 0 Å². The molecule has 0 amide bonds. The van der Waals surface area contributed by atoms with Gasteiger partial charge in [-0.2, -0.15) is 0 Å². The van der Waals surface area contributed by atoms with E-state index >= 15 is 0 Å². The zero-order chi connectivity index (χ0) is 13.8. The maximum atomic E-state index is 13.7. The number of phenols is 1. The predicted molar refractivity (Wildman–Crippen MR) is 69.6 cm³/mol. The third-order valence-electron chi connectivity index (χ3n) is 4.04. The minimum absolute atomic E-state index is 0.0450. The zero-order valence-corrected chi connectivity index (χ0v) is 10.8. The molecule has 0 unspecified atom stereocenters. The summed E-state index contributed by atoms with van der Waals surface area (Å²) >= 11 is 0. The average molecular weight is 266 g/mol. The lowest BCUT2D eigenvalue weighted by Gasteiger charge is -2.28. The van der Waals surface area contributed by atoms with Crippen LogP contribution in [0, 0.1) is 11.7 Å².